The minimum Gasteiger partial charge on any atom is -0.379 e. The maximum Gasteiger partial charge on any atom is 0.293 e. The molecular formula is C24H26N6O3. The van der Waals surface area contributed by atoms with Crippen LogP contribution in [-0.4, -0.2) is 64.8 Å². The summed E-state index contributed by atoms with van der Waals surface area (Å²) >= 11 is 0. The first-order valence-electron chi connectivity index (χ1n) is 11.0. The fourth-order valence-electron chi connectivity index (χ4n) is 3.88. The fraction of sp³-hybridized carbons (Fsp3) is 0.292. The predicted octanol–water partition coefficient (Wildman–Crippen LogP) is 3.24. The van der Waals surface area contributed by atoms with Gasteiger partial charge in [0.05, 0.1) is 4.92 Å². The zero-order valence-corrected chi connectivity index (χ0v) is 18.3. The number of carbonyl (C=O) groups excluding carboxylic acids is 1. The van der Waals surface area contributed by atoms with E-state index in [2.05, 4.69) is 25.1 Å². The number of carbonyl (C=O) groups is 1. The summed E-state index contributed by atoms with van der Waals surface area (Å²) in [5, 5.41) is 14.8. The standard InChI is InChI=1S/C24H26N6O3/c31-23(19-6-2-1-3-7-19)20-8-9-21(22(18-20)30(32)33)25-12-5-13-28-14-16-29(17-15-28)24-26-10-4-11-27-24/h1-4,6-11,18,25H,5,12-17H2. The van der Waals surface area contributed by atoms with Crippen LogP contribution in [0.15, 0.2) is 67.0 Å². The maximum absolute atomic E-state index is 12.6. The van der Waals surface area contributed by atoms with Gasteiger partial charge in [-0.2, -0.15) is 0 Å². The summed E-state index contributed by atoms with van der Waals surface area (Å²) in [5.41, 5.74) is 1.15. The topological polar surface area (TPSA) is 104 Å². The third-order valence-electron chi connectivity index (χ3n) is 5.67. The van der Waals surface area contributed by atoms with E-state index in [9.17, 15) is 14.9 Å². The summed E-state index contributed by atoms with van der Waals surface area (Å²) in [6, 6.07) is 15.2. The molecule has 2 aromatic carbocycles. The molecule has 0 atom stereocenters. The Hall–Kier alpha value is -3.85. The van der Waals surface area contributed by atoms with Gasteiger partial charge in [-0.05, 0) is 31.2 Å². The molecule has 1 aromatic heterocycles. The van der Waals surface area contributed by atoms with Gasteiger partial charge in [0.15, 0.2) is 5.78 Å². The second-order valence-corrected chi connectivity index (χ2v) is 7.84. The number of nitro benzene ring substituents is 1. The number of nitrogens with zero attached hydrogens (tertiary/aromatic N) is 5. The number of hydrogen-bond donors (Lipinski definition) is 1. The van der Waals surface area contributed by atoms with Crippen LogP contribution in [0.25, 0.3) is 0 Å². The van der Waals surface area contributed by atoms with E-state index < -0.39 is 4.92 Å². The van der Waals surface area contributed by atoms with Crippen LogP contribution in [-0.2, 0) is 0 Å². The molecule has 0 radical (unpaired) electrons. The Morgan fingerprint density at radius 3 is 2.39 bits per heavy atom. The van der Waals surface area contributed by atoms with Gasteiger partial charge < -0.3 is 10.2 Å². The number of ketones is 1. The minimum absolute atomic E-state index is 0.0896. The van der Waals surface area contributed by atoms with E-state index >= 15 is 0 Å². The molecular weight excluding hydrogens is 420 g/mol. The zero-order chi connectivity index (χ0) is 23.0. The third kappa shape index (κ3) is 5.69. The van der Waals surface area contributed by atoms with Gasteiger partial charge in [-0.3, -0.25) is 19.8 Å². The lowest BCUT2D eigenvalue weighted by atomic mass is 10.0. The first-order valence-corrected chi connectivity index (χ1v) is 11.0. The molecule has 1 aliphatic rings. The van der Waals surface area contributed by atoms with Crippen molar-refractivity contribution in [1.82, 2.24) is 14.9 Å². The molecule has 170 valence electrons. The van der Waals surface area contributed by atoms with E-state index in [4.69, 9.17) is 0 Å². The summed E-state index contributed by atoms with van der Waals surface area (Å²) in [4.78, 5) is 36.9. The molecule has 33 heavy (non-hydrogen) atoms. The Labute approximate surface area is 192 Å². The van der Waals surface area contributed by atoms with E-state index in [0.717, 1.165) is 45.1 Å². The summed E-state index contributed by atoms with van der Waals surface area (Å²) in [7, 11) is 0. The predicted molar refractivity (Wildman–Crippen MR) is 127 cm³/mol. The number of piperazine rings is 1. The van der Waals surface area contributed by atoms with Crippen molar-refractivity contribution in [2.45, 2.75) is 6.42 Å². The fourth-order valence-corrected chi connectivity index (χ4v) is 3.88. The van der Waals surface area contributed by atoms with Gasteiger partial charge in [0.1, 0.15) is 5.69 Å². The Morgan fingerprint density at radius 1 is 0.970 bits per heavy atom. The van der Waals surface area contributed by atoms with Crippen LogP contribution in [0.3, 0.4) is 0 Å². The van der Waals surface area contributed by atoms with Gasteiger partial charge in [-0.25, -0.2) is 9.97 Å². The molecule has 0 saturated carbocycles. The molecule has 1 saturated heterocycles. The Kier molecular flexibility index (Phi) is 7.21. The minimum atomic E-state index is -0.449. The van der Waals surface area contributed by atoms with Crippen LogP contribution < -0.4 is 10.2 Å². The van der Waals surface area contributed by atoms with Gasteiger partial charge in [-0.1, -0.05) is 30.3 Å². The van der Waals surface area contributed by atoms with Crippen LogP contribution in [0.2, 0.25) is 0 Å². The van der Waals surface area contributed by atoms with Gasteiger partial charge in [0.2, 0.25) is 5.95 Å². The molecule has 0 bridgehead atoms. The van der Waals surface area contributed by atoms with Crippen molar-refractivity contribution >= 4 is 23.1 Å². The van der Waals surface area contributed by atoms with E-state index in [1.54, 1.807) is 48.8 Å². The number of aromatic nitrogens is 2. The van der Waals surface area contributed by atoms with Crippen molar-refractivity contribution in [1.29, 1.82) is 0 Å². The highest BCUT2D eigenvalue weighted by Gasteiger charge is 2.20. The normalized spacial score (nSPS) is 14.1. The molecule has 1 N–H and O–H groups in total. The van der Waals surface area contributed by atoms with Crippen molar-refractivity contribution in [3.8, 4) is 0 Å². The monoisotopic (exact) mass is 446 g/mol. The van der Waals surface area contributed by atoms with Crippen molar-refractivity contribution in [3.63, 3.8) is 0 Å². The highest BCUT2D eigenvalue weighted by atomic mass is 16.6. The van der Waals surface area contributed by atoms with Crippen LogP contribution in [0.1, 0.15) is 22.3 Å². The van der Waals surface area contributed by atoms with Gasteiger partial charge in [-0.15, -0.1) is 0 Å². The van der Waals surface area contributed by atoms with E-state index in [1.807, 2.05) is 12.1 Å². The largest absolute Gasteiger partial charge is 0.379 e. The lowest BCUT2D eigenvalue weighted by molar-refractivity contribution is -0.384. The van der Waals surface area contributed by atoms with Gasteiger partial charge in [0.25, 0.3) is 5.69 Å². The SMILES string of the molecule is O=C(c1ccccc1)c1ccc(NCCCN2CCN(c3ncccn3)CC2)c([N+](=O)[O-])c1. The van der Waals surface area contributed by atoms with Crippen molar-refractivity contribution in [2.75, 3.05) is 49.5 Å². The van der Waals surface area contributed by atoms with Gasteiger partial charge >= 0.3 is 0 Å². The summed E-state index contributed by atoms with van der Waals surface area (Å²) < 4.78 is 0. The van der Waals surface area contributed by atoms with Crippen LogP contribution in [0.5, 0.6) is 0 Å². The lowest BCUT2D eigenvalue weighted by Crippen LogP contribution is -2.47. The zero-order valence-electron chi connectivity index (χ0n) is 18.3. The van der Waals surface area contributed by atoms with Crippen molar-refractivity contribution in [3.05, 3.63) is 88.2 Å². The Balaban J connectivity index is 1.28. The van der Waals surface area contributed by atoms with Crippen LogP contribution >= 0.6 is 0 Å². The van der Waals surface area contributed by atoms with Gasteiger partial charge in [0, 0.05) is 62.3 Å². The number of nitro groups is 1. The van der Waals surface area contributed by atoms with E-state index in [0.29, 0.717) is 23.4 Å². The van der Waals surface area contributed by atoms with Crippen molar-refractivity contribution in [2.24, 2.45) is 0 Å². The molecule has 0 aliphatic carbocycles. The van der Waals surface area contributed by atoms with Crippen LogP contribution in [0.4, 0.5) is 17.3 Å². The molecule has 0 amide bonds. The number of nitrogens with one attached hydrogen (secondary N) is 1. The molecule has 0 spiro atoms. The average Bonchev–Trinajstić information content (AvgIpc) is 2.87. The third-order valence-corrected chi connectivity index (χ3v) is 5.67. The summed E-state index contributed by atoms with van der Waals surface area (Å²) in [5.74, 6) is 0.533. The molecule has 4 rings (SSSR count). The van der Waals surface area contributed by atoms with Crippen molar-refractivity contribution < 1.29 is 9.72 Å². The highest BCUT2D eigenvalue weighted by molar-refractivity contribution is 6.09. The molecule has 9 nitrogen and oxygen atoms in total. The van der Waals surface area contributed by atoms with E-state index in [-0.39, 0.29) is 11.5 Å². The van der Waals surface area contributed by atoms with Crippen LogP contribution in [0, 0.1) is 10.1 Å². The quantitative estimate of drug-likeness (QED) is 0.231. The molecule has 0 unspecified atom stereocenters. The summed E-state index contributed by atoms with van der Waals surface area (Å²) in [6.07, 6.45) is 4.36. The highest BCUT2D eigenvalue weighted by Crippen LogP contribution is 2.27. The second kappa shape index (κ2) is 10.6. The first kappa shape index (κ1) is 22.3. The number of benzene rings is 2. The number of hydrogen-bond acceptors (Lipinski definition) is 8. The summed E-state index contributed by atoms with van der Waals surface area (Å²) in [6.45, 7) is 5.10. The molecule has 3 aromatic rings. The average molecular weight is 447 g/mol. The van der Waals surface area contributed by atoms with E-state index in [1.165, 1.54) is 6.07 Å². The molecule has 1 fully saturated rings. The molecule has 1 aliphatic heterocycles. The lowest BCUT2D eigenvalue weighted by Gasteiger charge is -2.34. The number of anilines is 2. The smallest absolute Gasteiger partial charge is 0.293 e. The second-order valence-electron chi connectivity index (χ2n) is 7.84. The number of rotatable bonds is 9. The Morgan fingerprint density at radius 2 is 1.70 bits per heavy atom. The molecule has 9 heteroatoms. The Bertz CT molecular complexity index is 1090. The first-order chi connectivity index (χ1) is 16.1. The molecule has 2 heterocycles. The maximum atomic E-state index is 12.6.